The van der Waals surface area contributed by atoms with Crippen LogP contribution in [-0.4, -0.2) is 46.5 Å². The van der Waals surface area contributed by atoms with Crippen LogP contribution in [0.2, 0.25) is 0 Å². The monoisotopic (exact) mass is 285 g/mol. The van der Waals surface area contributed by atoms with E-state index in [4.69, 9.17) is 10.8 Å². The highest BCUT2D eigenvalue weighted by Gasteiger charge is 2.32. The van der Waals surface area contributed by atoms with Crippen LogP contribution in [0.4, 0.5) is 4.79 Å². The molecule has 4 N–H and O–H groups in total. The van der Waals surface area contributed by atoms with Crippen molar-refractivity contribution in [2.45, 2.75) is 51.6 Å². The Morgan fingerprint density at radius 3 is 2.55 bits per heavy atom. The third kappa shape index (κ3) is 4.40. The molecule has 7 nitrogen and oxygen atoms in total. The first-order chi connectivity index (χ1) is 9.32. The number of aliphatic carboxylic acids is 1. The smallest absolute Gasteiger partial charge is 0.326 e. The first kappa shape index (κ1) is 16.3. The molecule has 1 fully saturated rings. The number of carboxylic acid groups (broad SMARTS) is 1. The quantitative estimate of drug-likeness (QED) is 0.660. The Labute approximate surface area is 118 Å². The first-order valence-corrected chi connectivity index (χ1v) is 6.91. The van der Waals surface area contributed by atoms with Crippen molar-refractivity contribution in [2.75, 3.05) is 6.54 Å². The van der Waals surface area contributed by atoms with E-state index in [0.29, 0.717) is 12.5 Å². The van der Waals surface area contributed by atoms with Gasteiger partial charge in [0.05, 0.1) is 0 Å². The molecule has 0 aromatic heterocycles. The highest BCUT2D eigenvalue weighted by molar-refractivity contribution is 5.83. The molecule has 1 saturated heterocycles. The van der Waals surface area contributed by atoms with Crippen molar-refractivity contribution in [2.24, 2.45) is 11.7 Å². The number of nitrogens with two attached hydrogens (primary N) is 1. The lowest BCUT2D eigenvalue weighted by Gasteiger charge is -2.29. The highest BCUT2D eigenvalue weighted by atomic mass is 16.4. The zero-order valence-electron chi connectivity index (χ0n) is 12.0. The van der Waals surface area contributed by atoms with E-state index in [2.05, 4.69) is 5.32 Å². The van der Waals surface area contributed by atoms with Crippen LogP contribution in [0.15, 0.2) is 0 Å². The zero-order chi connectivity index (χ0) is 15.3. The van der Waals surface area contributed by atoms with Gasteiger partial charge in [-0.15, -0.1) is 0 Å². The van der Waals surface area contributed by atoms with Gasteiger partial charge in [0.1, 0.15) is 6.04 Å². The van der Waals surface area contributed by atoms with E-state index < -0.39 is 17.9 Å². The molecule has 1 rings (SSSR count). The van der Waals surface area contributed by atoms with E-state index in [1.54, 1.807) is 4.90 Å². The lowest BCUT2D eigenvalue weighted by atomic mass is 10.0. The summed E-state index contributed by atoms with van der Waals surface area (Å²) in [6.07, 6.45) is 1.81. The molecular weight excluding hydrogens is 262 g/mol. The van der Waals surface area contributed by atoms with Gasteiger partial charge in [0.15, 0.2) is 0 Å². The van der Waals surface area contributed by atoms with E-state index in [1.165, 1.54) is 0 Å². The van der Waals surface area contributed by atoms with Gasteiger partial charge in [-0.05, 0) is 25.2 Å². The number of carboxylic acids is 1. The summed E-state index contributed by atoms with van der Waals surface area (Å²) in [7, 11) is 0. The largest absolute Gasteiger partial charge is 0.480 e. The second-order valence-corrected chi connectivity index (χ2v) is 5.49. The van der Waals surface area contributed by atoms with Crippen molar-refractivity contribution in [3.05, 3.63) is 0 Å². The summed E-state index contributed by atoms with van der Waals surface area (Å²) >= 11 is 0. The van der Waals surface area contributed by atoms with Gasteiger partial charge in [-0.1, -0.05) is 13.8 Å². The summed E-state index contributed by atoms with van der Waals surface area (Å²) in [5, 5.41) is 11.5. The van der Waals surface area contributed by atoms with Crippen molar-refractivity contribution in [1.82, 2.24) is 10.2 Å². The molecule has 7 heteroatoms. The average Bonchev–Trinajstić information content (AvgIpc) is 2.82. The summed E-state index contributed by atoms with van der Waals surface area (Å²) in [6, 6.07) is -1.32. The van der Waals surface area contributed by atoms with E-state index >= 15 is 0 Å². The molecule has 20 heavy (non-hydrogen) atoms. The van der Waals surface area contributed by atoms with Crippen LogP contribution in [0.25, 0.3) is 0 Å². The van der Waals surface area contributed by atoms with Crippen LogP contribution in [0, 0.1) is 5.92 Å². The summed E-state index contributed by atoms with van der Waals surface area (Å²) in [6.45, 7) is 4.72. The van der Waals surface area contributed by atoms with Crippen molar-refractivity contribution < 1.29 is 19.5 Å². The predicted molar refractivity (Wildman–Crippen MR) is 72.9 cm³/mol. The van der Waals surface area contributed by atoms with Gasteiger partial charge in [0.2, 0.25) is 5.91 Å². The normalized spacial score (nSPS) is 19.9. The Balaban J connectivity index is 2.61. The molecule has 1 heterocycles. The summed E-state index contributed by atoms with van der Waals surface area (Å²) in [5.74, 6) is -1.40. The molecule has 0 saturated carbocycles. The van der Waals surface area contributed by atoms with Crippen LogP contribution in [-0.2, 0) is 9.59 Å². The predicted octanol–water partition coefficient (Wildman–Crippen LogP) is 0.535. The number of likely N-dealkylation sites (tertiary alicyclic amines) is 1. The number of carbonyl (C=O) groups excluding carboxylic acids is 2. The second kappa shape index (κ2) is 7.12. The van der Waals surface area contributed by atoms with Gasteiger partial charge >= 0.3 is 12.0 Å². The van der Waals surface area contributed by atoms with E-state index in [1.807, 2.05) is 13.8 Å². The van der Waals surface area contributed by atoms with Gasteiger partial charge in [-0.3, -0.25) is 4.79 Å². The minimum Gasteiger partial charge on any atom is -0.480 e. The Morgan fingerprint density at radius 2 is 2.05 bits per heavy atom. The Hall–Kier alpha value is -1.79. The zero-order valence-corrected chi connectivity index (χ0v) is 12.0. The molecule has 0 aliphatic carbocycles. The standard InChI is InChI=1S/C13H23N3O4/c1-8(2)10-4-3-7-16(10)13(20)15-9(12(18)19)5-6-11(14)17/h8-10H,3-7H2,1-2H3,(H2,14,17)(H,15,20)(H,18,19). The molecule has 0 radical (unpaired) electrons. The second-order valence-electron chi connectivity index (χ2n) is 5.49. The van der Waals surface area contributed by atoms with Gasteiger partial charge in [0.25, 0.3) is 0 Å². The number of amides is 3. The highest BCUT2D eigenvalue weighted by Crippen LogP contribution is 2.23. The third-order valence-electron chi connectivity index (χ3n) is 3.60. The lowest BCUT2D eigenvalue weighted by molar-refractivity contribution is -0.139. The number of urea groups is 1. The number of primary amides is 1. The minimum absolute atomic E-state index is 0.0105. The Kier molecular flexibility index (Phi) is 5.79. The minimum atomic E-state index is -1.15. The maximum absolute atomic E-state index is 12.2. The van der Waals surface area contributed by atoms with Gasteiger partial charge < -0.3 is 21.1 Å². The number of hydrogen-bond donors (Lipinski definition) is 3. The molecule has 3 amide bonds. The van der Waals surface area contributed by atoms with E-state index in [-0.39, 0.29) is 24.9 Å². The molecule has 1 aliphatic rings. The number of nitrogens with one attached hydrogen (secondary N) is 1. The summed E-state index contributed by atoms with van der Waals surface area (Å²) in [4.78, 5) is 35.6. The topological polar surface area (TPSA) is 113 Å². The molecule has 0 aromatic carbocycles. The van der Waals surface area contributed by atoms with Crippen molar-refractivity contribution in [3.8, 4) is 0 Å². The van der Waals surface area contributed by atoms with Crippen LogP contribution < -0.4 is 11.1 Å². The van der Waals surface area contributed by atoms with Gasteiger partial charge in [-0.2, -0.15) is 0 Å². The number of nitrogens with zero attached hydrogens (tertiary/aromatic N) is 1. The fourth-order valence-electron chi connectivity index (χ4n) is 2.51. The van der Waals surface area contributed by atoms with Crippen LogP contribution in [0.5, 0.6) is 0 Å². The molecular formula is C13H23N3O4. The first-order valence-electron chi connectivity index (χ1n) is 6.91. The summed E-state index contributed by atoms with van der Waals surface area (Å²) in [5.41, 5.74) is 5.00. The van der Waals surface area contributed by atoms with Gasteiger partial charge in [-0.25, -0.2) is 9.59 Å². The lowest BCUT2D eigenvalue weighted by Crippen LogP contribution is -2.50. The van der Waals surface area contributed by atoms with Crippen LogP contribution in [0.1, 0.15) is 39.5 Å². The van der Waals surface area contributed by atoms with Crippen LogP contribution >= 0.6 is 0 Å². The number of rotatable bonds is 6. The average molecular weight is 285 g/mol. The maximum atomic E-state index is 12.2. The molecule has 2 unspecified atom stereocenters. The fourth-order valence-corrected chi connectivity index (χ4v) is 2.51. The van der Waals surface area contributed by atoms with E-state index in [0.717, 1.165) is 12.8 Å². The van der Waals surface area contributed by atoms with Crippen molar-refractivity contribution >= 4 is 17.9 Å². The summed E-state index contributed by atoms with van der Waals surface area (Å²) < 4.78 is 0. The number of hydrogen-bond acceptors (Lipinski definition) is 3. The van der Waals surface area contributed by atoms with E-state index in [9.17, 15) is 14.4 Å². The molecule has 1 aliphatic heterocycles. The Bertz CT molecular complexity index is 384. The fraction of sp³-hybridized carbons (Fsp3) is 0.769. The molecule has 114 valence electrons. The molecule has 0 bridgehead atoms. The molecule has 0 aromatic rings. The van der Waals surface area contributed by atoms with Crippen molar-refractivity contribution in [3.63, 3.8) is 0 Å². The van der Waals surface area contributed by atoms with Gasteiger partial charge in [0, 0.05) is 19.0 Å². The number of carbonyl (C=O) groups is 3. The maximum Gasteiger partial charge on any atom is 0.326 e. The van der Waals surface area contributed by atoms with Crippen LogP contribution in [0.3, 0.4) is 0 Å². The van der Waals surface area contributed by atoms with Crippen molar-refractivity contribution in [1.29, 1.82) is 0 Å². The third-order valence-corrected chi connectivity index (χ3v) is 3.60. The molecule has 0 spiro atoms. The Morgan fingerprint density at radius 1 is 1.40 bits per heavy atom. The SMILES string of the molecule is CC(C)C1CCCN1C(=O)NC(CCC(N)=O)C(=O)O. The molecule has 2 atom stereocenters.